The minimum atomic E-state index is -0.886. The summed E-state index contributed by atoms with van der Waals surface area (Å²) >= 11 is 0. The van der Waals surface area contributed by atoms with Gasteiger partial charge < -0.3 is 5.11 Å². The van der Waals surface area contributed by atoms with Crippen LogP contribution in [0.3, 0.4) is 0 Å². The molecule has 0 heterocycles. The average molecular weight is 379 g/mol. The molecule has 0 saturated heterocycles. The van der Waals surface area contributed by atoms with Gasteiger partial charge in [0, 0.05) is 0 Å². The summed E-state index contributed by atoms with van der Waals surface area (Å²) < 4.78 is 0. The summed E-state index contributed by atoms with van der Waals surface area (Å²) in [5, 5.41) is 20.5. The minimum Gasteiger partial charge on any atom is -0.368 e. The molecule has 0 spiro atoms. The van der Waals surface area contributed by atoms with Crippen molar-refractivity contribution in [2.45, 2.75) is 153 Å². The lowest BCUT2D eigenvalue weighted by Gasteiger charge is -2.24. The Morgan fingerprint density at radius 1 is 0.481 bits per heavy atom. The smallest absolute Gasteiger partial charge is 0.176 e. The predicted octanol–water partition coefficient (Wildman–Crippen LogP) is 8.11. The molecule has 2 aliphatic carbocycles. The van der Waals surface area contributed by atoms with Crippen LogP contribution in [0.5, 0.6) is 0 Å². The molecular weight excluding hydrogens is 332 g/mol. The topological polar surface area (TPSA) is 45.0 Å². The molecule has 0 atom stereocenters. The molecule has 0 aromatic carbocycles. The summed E-state index contributed by atoms with van der Waals surface area (Å²) in [6.07, 6.45) is 27.6. The molecule has 2 fully saturated rings. The zero-order chi connectivity index (χ0) is 19.0. The van der Waals surface area contributed by atoms with E-state index in [0.29, 0.717) is 6.04 Å². The number of hydrogen-bond acceptors (Lipinski definition) is 3. The zero-order valence-corrected chi connectivity index (χ0v) is 18.0. The van der Waals surface area contributed by atoms with E-state index in [0.717, 1.165) is 25.7 Å². The molecule has 0 radical (unpaired) electrons. The van der Waals surface area contributed by atoms with Crippen LogP contribution < -0.4 is 0 Å². The molecule has 0 aromatic rings. The lowest BCUT2D eigenvalue weighted by atomic mass is 9.95. The van der Waals surface area contributed by atoms with Crippen LogP contribution in [0.2, 0.25) is 0 Å². The van der Waals surface area contributed by atoms with Crippen molar-refractivity contribution in [1.29, 1.82) is 0 Å². The fourth-order valence-electron chi connectivity index (χ4n) is 4.72. The zero-order valence-electron chi connectivity index (χ0n) is 18.0. The molecule has 2 aliphatic rings. The van der Waals surface area contributed by atoms with Crippen LogP contribution in [-0.4, -0.2) is 16.9 Å². The van der Waals surface area contributed by atoms with Gasteiger partial charge in [0.2, 0.25) is 0 Å². The Kier molecular flexibility index (Phi) is 12.3. The predicted molar refractivity (Wildman–Crippen MR) is 115 cm³/mol. The molecule has 3 heteroatoms. The van der Waals surface area contributed by atoms with Crippen molar-refractivity contribution in [3.05, 3.63) is 0 Å². The highest BCUT2D eigenvalue weighted by atomic mass is 16.3. The first kappa shape index (κ1) is 22.8. The largest absolute Gasteiger partial charge is 0.368 e. The first-order valence-electron chi connectivity index (χ1n) is 12.4. The van der Waals surface area contributed by atoms with Gasteiger partial charge in [-0.3, -0.25) is 0 Å². The van der Waals surface area contributed by atoms with Crippen molar-refractivity contribution in [1.82, 2.24) is 0 Å². The van der Waals surface area contributed by atoms with Crippen molar-refractivity contribution < 1.29 is 5.11 Å². The van der Waals surface area contributed by atoms with Crippen molar-refractivity contribution in [3.8, 4) is 0 Å². The maximum Gasteiger partial charge on any atom is 0.176 e. The molecule has 2 saturated carbocycles. The lowest BCUT2D eigenvalue weighted by Crippen LogP contribution is -2.26. The Hall–Kier alpha value is -0.440. The highest BCUT2D eigenvalue weighted by Crippen LogP contribution is 2.28. The van der Waals surface area contributed by atoms with E-state index >= 15 is 0 Å². The quantitative estimate of drug-likeness (QED) is 0.484. The van der Waals surface area contributed by atoms with Crippen LogP contribution >= 0.6 is 0 Å². The minimum absolute atomic E-state index is 0.342. The second-order valence-electron chi connectivity index (χ2n) is 9.29. The van der Waals surface area contributed by atoms with E-state index in [1.165, 1.54) is 116 Å². The summed E-state index contributed by atoms with van der Waals surface area (Å²) in [6, 6.07) is 0.342. The molecule has 27 heavy (non-hydrogen) atoms. The van der Waals surface area contributed by atoms with Crippen LogP contribution in [-0.2, 0) is 0 Å². The summed E-state index contributed by atoms with van der Waals surface area (Å²) in [6.45, 7) is 0. The molecular formula is C24H46N2O. The Morgan fingerprint density at radius 3 is 1.22 bits per heavy atom. The molecule has 0 aromatic heterocycles. The fraction of sp³-hybridized carbons (Fsp3) is 1.00. The van der Waals surface area contributed by atoms with Gasteiger partial charge in [0.15, 0.2) is 5.72 Å². The Bertz CT molecular complexity index is 359. The van der Waals surface area contributed by atoms with E-state index in [1.807, 2.05) is 0 Å². The van der Waals surface area contributed by atoms with Gasteiger partial charge in [-0.25, -0.2) is 0 Å². The molecule has 0 amide bonds. The Labute approximate surface area is 168 Å². The molecule has 0 bridgehead atoms. The van der Waals surface area contributed by atoms with E-state index in [9.17, 15) is 5.11 Å². The van der Waals surface area contributed by atoms with Gasteiger partial charge in [-0.1, -0.05) is 103 Å². The standard InChI is InChI=1S/C24H46N2O/c27-24(21-17-13-9-5-2-6-10-14-18-22-24)26-25-23-19-15-11-7-3-1-4-8-12-16-20-23/h23,27H,1-22H2. The monoisotopic (exact) mass is 378 g/mol. The average Bonchev–Trinajstić information content (AvgIpc) is 2.64. The van der Waals surface area contributed by atoms with Gasteiger partial charge in [-0.05, 0) is 38.5 Å². The fourth-order valence-corrected chi connectivity index (χ4v) is 4.72. The molecule has 2 rings (SSSR count). The maximum atomic E-state index is 11.1. The van der Waals surface area contributed by atoms with Crippen LogP contribution in [0.25, 0.3) is 0 Å². The van der Waals surface area contributed by atoms with E-state index in [2.05, 4.69) is 5.11 Å². The molecule has 0 unspecified atom stereocenters. The van der Waals surface area contributed by atoms with Crippen LogP contribution in [0.4, 0.5) is 0 Å². The third-order valence-corrected chi connectivity index (χ3v) is 6.64. The molecule has 3 nitrogen and oxygen atoms in total. The number of azo groups is 1. The van der Waals surface area contributed by atoms with E-state index in [1.54, 1.807) is 0 Å². The Morgan fingerprint density at radius 2 is 0.815 bits per heavy atom. The lowest BCUT2D eigenvalue weighted by molar-refractivity contribution is 0.0172. The van der Waals surface area contributed by atoms with Crippen LogP contribution in [0.1, 0.15) is 141 Å². The SMILES string of the molecule is OC1(N=NC2CCCCCCCCCCC2)CCCCCCCCCCC1. The van der Waals surface area contributed by atoms with Gasteiger partial charge in [0.1, 0.15) is 0 Å². The number of rotatable bonds is 2. The highest BCUT2D eigenvalue weighted by molar-refractivity contribution is 4.76. The van der Waals surface area contributed by atoms with E-state index < -0.39 is 5.72 Å². The summed E-state index contributed by atoms with van der Waals surface area (Å²) in [5.41, 5.74) is -0.886. The van der Waals surface area contributed by atoms with Crippen LogP contribution in [0, 0.1) is 0 Å². The third-order valence-electron chi connectivity index (χ3n) is 6.64. The van der Waals surface area contributed by atoms with Gasteiger partial charge in [0.05, 0.1) is 6.04 Å². The Balaban J connectivity index is 1.87. The number of aliphatic hydroxyl groups is 1. The summed E-state index contributed by atoms with van der Waals surface area (Å²) in [4.78, 5) is 0. The first-order chi connectivity index (χ1) is 13.3. The molecule has 1 N–H and O–H groups in total. The second kappa shape index (κ2) is 14.5. The van der Waals surface area contributed by atoms with Crippen molar-refractivity contribution in [3.63, 3.8) is 0 Å². The third kappa shape index (κ3) is 11.2. The van der Waals surface area contributed by atoms with E-state index in [-0.39, 0.29) is 0 Å². The molecule has 0 aliphatic heterocycles. The van der Waals surface area contributed by atoms with Crippen molar-refractivity contribution in [2.75, 3.05) is 0 Å². The van der Waals surface area contributed by atoms with Crippen molar-refractivity contribution >= 4 is 0 Å². The van der Waals surface area contributed by atoms with Gasteiger partial charge in [-0.15, -0.1) is 0 Å². The van der Waals surface area contributed by atoms with Gasteiger partial charge >= 0.3 is 0 Å². The normalized spacial score (nSPS) is 26.4. The second-order valence-corrected chi connectivity index (χ2v) is 9.29. The van der Waals surface area contributed by atoms with Crippen molar-refractivity contribution in [2.24, 2.45) is 10.2 Å². The number of nitrogens with zero attached hydrogens (tertiary/aromatic N) is 2. The van der Waals surface area contributed by atoms with E-state index in [4.69, 9.17) is 5.11 Å². The van der Waals surface area contributed by atoms with Gasteiger partial charge in [-0.2, -0.15) is 10.2 Å². The first-order valence-corrected chi connectivity index (χ1v) is 12.4. The van der Waals surface area contributed by atoms with Crippen LogP contribution in [0.15, 0.2) is 10.2 Å². The number of hydrogen-bond donors (Lipinski definition) is 1. The maximum absolute atomic E-state index is 11.1. The summed E-state index contributed by atoms with van der Waals surface area (Å²) in [7, 11) is 0. The van der Waals surface area contributed by atoms with Gasteiger partial charge in [0.25, 0.3) is 0 Å². The molecule has 158 valence electrons. The summed E-state index contributed by atoms with van der Waals surface area (Å²) in [5.74, 6) is 0. The highest BCUT2D eigenvalue weighted by Gasteiger charge is 2.26.